The van der Waals surface area contributed by atoms with Crippen LogP contribution in [0.15, 0.2) is 48.2 Å². The number of anilines is 2. The van der Waals surface area contributed by atoms with Gasteiger partial charge in [-0.25, -0.2) is 15.0 Å². The lowest BCUT2D eigenvalue weighted by Crippen LogP contribution is -2.47. The molecule has 1 aliphatic heterocycles. The smallest absolute Gasteiger partial charge is 0.225 e. The van der Waals surface area contributed by atoms with Crippen molar-refractivity contribution in [2.24, 2.45) is 0 Å². The van der Waals surface area contributed by atoms with Gasteiger partial charge in [0.2, 0.25) is 5.95 Å². The van der Waals surface area contributed by atoms with Crippen molar-refractivity contribution >= 4 is 39.2 Å². The normalized spacial score (nSPS) is 15.2. The number of rotatable bonds is 5. The van der Waals surface area contributed by atoms with E-state index in [0.29, 0.717) is 22.9 Å². The minimum atomic E-state index is 0.306. The van der Waals surface area contributed by atoms with Gasteiger partial charge in [-0.3, -0.25) is 4.90 Å². The molecule has 1 saturated heterocycles. The van der Waals surface area contributed by atoms with Crippen LogP contribution in [0.3, 0.4) is 0 Å². The highest BCUT2D eigenvalue weighted by atomic mass is 32.1. The number of hydrogen-bond acceptors (Lipinski definition) is 9. The summed E-state index contributed by atoms with van der Waals surface area (Å²) in [5.41, 5.74) is 9.24. The van der Waals surface area contributed by atoms with Gasteiger partial charge in [0.1, 0.15) is 0 Å². The van der Waals surface area contributed by atoms with Crippen LogP contribution in [-0.4, -0.2) is 71.7 Å². The fourth-order valence-electron chi connectivity index (χ4n) is 4.09. The van der Waals surface area contributed by atoms with Gasteiger partial charge in [0.15, 0.2) is 27.8 Å². The predicted molar refractivity (Wildman–Crippen MR) is 125 cm³/mol. The summed E-state index contributed by atoms with van der Waals surface area (Å²) in [6.45, 7) is 5.72. The molecule has 10 nitrogen and oxygen atoms in total. The van der Waals surface area contributed by atoms with E-state index in [2.05, 4.69) is 34.4 Å². The average Bonchev–Trinajstić information content (AvgIpc) is 3.58. The first kappa shape index (κ1) is 19.1. The molecule has 1 aromatic carbocycles. The zero-order valence-corrected chi connectivity index (χ0v) is 18.2. The predicted octanol–water partition coefficient (Wildman–Crippen LogP) is 2.00. The van der Waals surface area contributed by atoms with Crippen molar-refractivity contribution < 1.29 is 0 Å². The SMILES string of the molecule is Nc1nc2c(ncn2CCN2CCN(c3nccs3)CC2)c2nc(-c3ccccc3)nn12. The van der Waals surface area contributed by atoms with Crippen LogP contribution in [0.4, 0.5) is 11.1 Å². The van der Waals surface area contributed by atoms with E-state index in [4.69, 9.17) is 10.7 Å². The Bertz CT molecular complexity index is 1350. The standard InChI is InChI=1S/C21H22N10S/c22-20-26-18-16(19-25-17(27-31(19)20)15-4-2-1-3-5-15)24-14-30(18)12-9-28-7-10-29(11-8-28)21-23-6-13-32-21/h1-6,13-14H,7-12H2,(H2,22,26). The first-order chi connectivity index (χ1) is 15.8. The molecule has 0 spiro atoms. The van der Waals surface area contributed by atoms with E-state index in [1.54, 1.807) is 15.9 Å². The fourth-order valence-corrected chi connectivity index (χ4v) is 4.79. The molecule has 4 aromatic heterocycles. The topological polar surface area (TPSA) is 106 Å². The molecular weight excluding hydrogens is 424 g/mol. The molecule has 1 fully saturated rings. The molecule has 6 rings (SSSR count). The van der Waals surface area contributed by atoms with Gasteiger partial charge in [-0.1, -0.05) is 30.3 Å². The number of imidazole rings is 1. The van der Waals surface area contributed by atoms with Gasteiger partial charge in [0.25, 0.3) is 0 Å². The second-order valence-corrected chi connectivity index (χ2v) is 8.63. The molecular formula is C21H22N10S. The minimum absolute atomic E-state index is 0.306. The third kappa shape index (κ3) is 3.35. The lowest BCUT2D eigenvalue weighted by Gasteiger charge is -2.34. The van der Waals surface area contributed by atoms with E-state index in [1.165, 1.54) is 0 Å². The fraction of sp³-hybridized carbons (Fsp3) is 0.286. The van der Waals surface area contributed by atoms with Crippen molar-refractivity contribution in [1.29, 1.82) is 0 Å². The summed E-state index contributed by atoms with van der Waals surface area (Å²) in [7, 11) is 0. The molecule has 162 valence electrons. The van der Waals surface area contributed by atoms with Crippen molar-refractivity contribution in [2.45, 2.75) is 6.54 Å². The van der Waals surface area contributed by atoms with Crippen molar-refractivity contribution in [3.05, 3.63) is 48.2 Å². The summed E-state index contributed by atoms with van der Waals surface area (Å²) < 4.78 is 3.62. The van der Waals surface area contributed by atoms with E-state index in [0.717, 1.165) is 55.6 Å². The third-order valence-corrected chi connectivity index (χ3v) is 6.65. The van der Waals surface area contributed by atoms with Crippen LogP contribution in [0.25, 0.3) is 28.2 Å². The number of piperazine rings is 1. The highest BCUT2D eigenvalue weighted by molar-refractivity contribution is 7.13. The summed E-state index contributed by atoms with van der Waals surface area (Å²) in [5.74, 6) is 0.917. The van der Waals surface area contributed by atoms with Crippen LogP contribution in [0.1, 0.15) is 0 Å². The van der Waals surface area contributed by atoms with Crippen molar-refractivity contribution in [2.75, 3.05) is 43.4 Å². The monoisotopic (exact) mass is 446 g/mol. The van der Waals surface area contributed by atoms with Gasteiger partial charge in [0.05, 0.1) is 6.33 Å². The highest BCUT2D eigenvalue weighted by Gasteiger charge is 2.20. The van der Waals surface area contributed by atoms with E-state index in [9.17, 15) is 0 Å². The van der Waals surface area contributed by atoms with Crippen molar-refractivity contribution in [1.82, 2.24) is 39.0 Å². The molecule has 5 heterocycles. The Kier molecular flexibility index (Phi) is 4.69. The largest absolute Gasteiger partial charge is 0.368 e. The van der Waals surface area contributed by atoms with Crippen LogP contribution < -0.4 is 10.6 Å². The maximum atomic E-state index is 6.23. The van der Waals surface area contributed by atoms with E-state index < -0.39 is 0 Å². The van der Waals surface area contributed by atoms with Gasteiger partial charge in [0, 0.05) is 56.4 Å². The second-order valence-electron chi connectivity index (χ2n) is 7.76. The number of thiazole rings is 1. The maximum Gasteiger partial charge on any atom is 0.225 e. The van der Waals surface area contributed by atoms with E-state index in [-0.39, 0.29) is 0 Å². The van der Waals surface area contributed by atoms with E-state index >= 15 is 0 Å². The summed E-state index contributed by atoms with van der Waals surface area (Å²) in [6.07, 6.45) is 3.68. The summed E-state index contributed by atoms with van der Waals surface area (Å²) in [6, 6.07) is 9.84. The molecule has 0 saturated carbocycles. The number of hydrogen-bond donors (Lipinski definition) is 1. The van der Waals surface area contributed by atoms with Gasteiger partial charge in [-0.2, -0.15) is 9.50 Å². The molecule has 11 heteroatoms. The quantitative estimate of drug-likeness (QED) is 0.437. The van der Waals surface area contributed by atoms with Crippen molar-refractivity contribution in [3.63, 3.8) is 0 Å². The number of nitrogen functional groups attached to an aromatic ring is 1. The van der Waals surface area contributed by atoms with Gasteiger partial charge < -0.3 is 15.2 Å². The average molecular weight is 447 g/mol. The first-order valence-corrected chi connectivity index (χ1v) is 11.4. The molecule has 1 aliphatic rings. The minimum Gasteiger partial charge on any atom is -0.368 e. The van der Waals surface area contributed by atoms with Gasteiger partial charge in [-0.15, -0.1) is 16.4 Å². The molecule has 0 radical (unpaired) electrons. The number of nitrogens with zero attached hydrogens (tertiary/aromatic N) is 9. The molecule has 0 bridgehead atoms. The van der Waals surface area contributed by atoms with Crippen LogP contribution in [-0.2, 0) is 6.54 Å². The van der Waals surface area contributed by atoms with Crippen LogP contribution in [0, 0.1) is 0 Å². The lowest BCUT2D eigenvalue weighted by molar-refractivity contribution is 0.249. The number of nitrogens with two attached hydrogens (primary N) is 1. The number of fused-ring (bicyclic) bond motifs is 3. The molecule has 0 aliphatic carbocycles. The Morgan fingerprint density at radius 1 is 0.938 bits per heavy atom. The third-order valence-electron chi connectivity index (χ3n) is 5.82. The zero-order chi connectivity index (χ0) is 21.5. The highest BCUT2D eigenvalue weighted by Crippen LogP contribution is 2.23. The summed E-state index contributed by atoms with van der Waals surface area (Å²) >= 11 is 1.70. The summed E-state index contributed by atoms with van der Waals surface area (Å²) in [5, 5.41) is 7.68. The Morgan fingerprint density at radius 2 is 1.78 bits per heavy atom. The molecule has 32 heavy (non-hydrogen) atoms. The Morgan fingerprint density at radius 3 is 2.56 bits per heavy atom. The van der Waals surface area contributed by atoms with Gasteiger partial charge in [-0.05, 0) is 0 Å². The molecule has 0 atom stereocenters. The zero-order valence-electron chi connectivity index (χ0n) is 17.4. The summed E-state index contributed by atoms with van der Waals surface area (Å²) in [4.78, 5) is 23.1. The Hall–Kier alpha value is -3.57. The van der Waals surface area contributed by atoms with Crippen LogP contribution in [0.2, 0.25) is 0 Å². The Labute approximate surface area is 188 Å². The van der Waals surface area contributed by atoms with Crippen LogP contribution in [0.5, 0.6) is 0 Å². The van der Waals surface area contributed by atoms with E-state index in [1.807, 2.05) is 48.2 Å². The number of aromatic nitrogens is 7. The molecule has 0 amide bonds. The maximum absolute atomic E-state index is 6.23. The molecule has 0 unspecified atom stereocenters. The first-order valence-electron chi connectivity index (χ1n) is 10.6. The van der Waals surface area contributed by atoms with Crippen LogP contribution >= 0.6 is 11.3 Å². The molecule has 2 N–H and O–H groups in total. The van der Waals surface area contributed by atoms with Crippen molar-refractivity contribution in [3.8, 4) is 11.4 Å². The lowest BCUT2D eigenvalue weighted by atomic mass is 10.2. The molecule has 5 aromatic rings. The Balaban J connectivity index is 1.21. The van der Waals surface area contributed by atoms with Gasteiger partial charge >= 0.3 is 0 Å². The number of benzene rings is 1. The second kappa shape index (κ2) is 7.84.